The quantitative estimate of drug-likeness (QED) is 0.546. The maximum absolute atomic E-state index is 12.4. The van der Waals surface area contributed by atoms with Gasteiger partial charge < -0.3 is 9.47 Å². The first-order valence-electron chi connectivity index (χ1n) is 9.17. The van der Waals surface area contributed by atoms with Crippen molar-refractivity contribution in [3.8, 4) is 11.5 Å². The molecule has 0 saturated carbocycles. The van der Waals surface area contributed by atoms with Gasteiger partial charge in [-0.15, -0.1) is 0 Å². The molecule has 4 rings (SSSR count). The Bertz CT molecular complexity index is 1190. The van der Waals surface area contributed by atoms with E-state index >= 15 is 0 Å². The SMILES string of the molecule is O=C(Cc1cc(Cl)c2c(c1)OCCCO2)NNC(=O)c1n[nH]c(=O)c2ccccc12. The van der Waals surface area contributed by atoms with Gasteiger partial charge in [0.1, 0.15) is 0 Å². The van der Waals surface area contributed by atoms with Crippen LogP contribution in [0.5, 0.6) is 11.5 Å². The number of nitrogens with zero attached hydrogens (tertiary/aromatic N) is 1. The van der Waals surface area contributed by atoms with E-state index < -0.39 is 17.4 Å². The van der Waals surface area contributed by atoms with E-state index in [4.69, 9.17) is 21.1 Å². The van der Waals surface area contributed by atoms with Gasteiger partial charge in [-0.05, 0) is 23.8 Å². The molecule has 30 heavy (non-hydrogen) atoms. The minimum Gasteiger partial charge on any atom is -0.489 e. The molecule has 1 aliphatic heterocycles. The first-order chi connectivity index (χ1) is 14.5. The van der Waals surface area contributed by atoms with Crippen LogP contribution in [0.3, 0.4) is 0 Å². The molecule has 0 spiro atoms. The molecular weight excluding hydrogens is 412 g/mol. The van der Waals surface area contributed by atoms with E-state index in [1.807, 2.05) is 0 Å². The molecule has 2 heterocycles. The number of carbonyl (C=O) groups excluding carboxylic acids is 2. The number of amides is 2. The normalized spacial score (nSPS) is 12.8. The van der Waals surface area contributed by atoms with E-state index in [1.54, 1.807) is 36.4 Å². The number of nitrogens with one attached hydrogen (secondary N) is 3. The summed E-state index contributed by atoms with van der Waals surface area (Å²) in [7, 11) is 0. The van der Waals surface area contributed by atoms with E-state index in [0.29, 0.717) is 46.1 Å². The van der Waals surface area contributed by atoms with Crippen molar-refractivity contribution in [1.82, 2.24) is 21.0 Å². The van der Waals surface area contributed by atoms with Crippen molar-refractivity contribution >= 4 is 34.2 Å². The van der Waals surface area contributed by atoms with Gasteiger partial charge in [0.25, 0.3) is 11.5 Å². The molecule has 9 nitrogen and oxygen atoms in total. The number of hydrazine groups is 1. The third-order valence-corrected chi connectivity index (χ3v) is 4.73. The molecule has 3 aromatic rings. The van der Waals surface area contributed by atoms with Crippen LogP contribution in [0.4, 0.5) is 0 Å². The Hall–Kier alpha value is -3.59. The Morgan fingerprint density at radius 1 is 1.10 bits per heavy atom. The Labute approximate surface area is 175 Å². The summed E-state index contributed by atoms with van der Waals surface area (Å²) in [4.78, 5) is 36.6. The number of benzene rings is 2. The van der Waals surface area contributed by atoms with E-state index in [1.165, 1.54) is 0 Å². The Kier molecular flexibility index (Phi) is 5.53. The zero-order valence-corrected chi connectivity index (χ0v) is 16.4. The molecule has 0 fully saturated rings. The van der Waals surface area contributed by atoms with Gasteiger partial charge in [0.05, 0.1) is 30.0 Å². The lowest BCUT2D eigenvalue weighted by Gasteiger charge is -2.12. The zero-order valence-electron chi connectivity index (χ0n) is 15.7. The van der Waals surface area contributed by atoms with Crippen molar-refractivity contribution in [3.05, 3.63) is 63.0 Å². The van der Waals surface area contributed by atoms with Crippen LogP contribution in [-0.2, 0) is 11.2 Å². The molecular formula is C20H17ClN4O5. The highest BCUT2D eigenvalue weighted by Gasteiger charge is 2.18. The lowest BCUT2D eigenvalue weighted by atomic mass is 10.1. The van der Waals surface area contributed by atoms with E-state index in [2.05, 4.69) is 21.0 Å². The maximum atomic E-state index is 12.4. The van der Waals surface area contributed by atoms with Gasteiger partial charge in [-0.2, -0.15) is 5.10 Å². The van der Waals surface area contributed by atoms with Crippen LogP contribution >= 0.6 is 11.6 Å². The summed E-state index contributed by atoms with van der Waals surface area (Å²) >= 11 is 6.24. The van der Waals surface area contributed by atoms with Gasteiger partial charge >= 0.3 is 0 Å². The second-order valence-corrected chi connectivity index (χ2v) is 6.99. The molecule has 2 amide bonds. The fraction of sp³-hybridized carbons (Fsp3) is 0.200. The minimum atomic E-state index is -0.660. The van der Waals surface area contributed by atoms with Gasteiger partial charge in [0, 0.05) is 11.8 Å². The number of aromatic amines is 1. The Morgan fingerprint density at radius 3 is 2.70 bits per heavy atom. The first kappa shape index (κ1) is 19.7. The third-order valence-electron chi connectivity index (χ3n) is 4.45. The number of halogens is 1. The average Bonchev–Trinajstić information content (AvgIpc) is 2.98. The number of aromatic nitrogens is 2. The van der Waals surface area contributed by atoms with Crippen molar-refractivity contribution in [3.63, 3.8) is 0 Å². The van der Waals surface area contributed by atoms with Crippen molar-refractivity contribution in [1.29, 1.82) is 0 Å². The number of hydrogen-bond donors (Lipinski definition) is 3. The summed E-state index contributed by atoms with van der Waals surface area (Å²) in [6, 6.07) is 9.86. The molecule has 1 aliphatic rings. The molecule has 2 aromatic carbocycles. The van der Waals surface area contributed by atoms with E-state index in [0.717, 1.165) is 6.42 Å². The van der Waals surface area contributed by atoms with Crippen LogP contribution in [0.25, 0.3) is 10.8 Å². The van der Waals surface area contributed by atoms with Gasteiger partial charge in [0.15, 0.2) is 17.2 Å². The van der Waals surface area contributed by atoms with Crippen LogP contribution in [0.1, 0.15) is 22.5 Å². The predicted octanol–water partition coefficient (Wildman–Crippen LogP) is 1.74. The van der Waals surface area contributed by atoms with Crippen LogP contribution in [0.2, 0.25) is 5.02 Å². The zero-order chi connectivity index (χ0) is 21.1. The summed E-state index contributed by atoms with van der Waals surface area (Å²) in [5.41, 5.74) is 4.83. The van der Waals surface area contributed by atoms with E-state index in [9.17, 15) is 14.4 Å². The van der Waals surface area contributed by atoms with Gasteiger partial charge in [-0.1, -0.05) is 29.8 Å². The molecule has 0 aliphatic carbocycles. The topological polar surface area (TPSA) is 122 Å². The molecule has 0 saturated heterocycles. The molecule has 10 heteroatoms. The number of carbonyl (C=O) groups is 2. The monoisotopic (exact) mass is 428 g/mol. The number of hydrogen-bond acceptors (Lipinski definition) is 6. The fourth-order valence-corrected chi connectivity index (χ4v) is 3.38. The average molecular weight is 429 g/mol. The van der Waals surface area contributed by atoms with Gasteiger partial charge in [-0.25, -0.2) is 5.10 Å². The van der Waals surface area contributed by atoms with Crippen molar-refractivity contribution in [2.24, 2.45) is 0 Å². The third kappa shape index (κ3) is 4.06. The standard InChI is InChI=1S/C20H17ClN4O5/c21-14-8-11(9-15-18(14)30-7-3-6-29-15)10-16(26)22-25-20(28)17-12-4-1-2-5-13(12)19(27)24-23-17/h1-2,4-5,8-9H,3,6-7,10H2,(H,22,26)(H,24,27)(H,25,28). The molecule has 1 aromatic heterocycles. The van der Waals surface area contributed by atoms with E-state index in [-0.39, 0.29) is 12.1 Å². The molecule has 0 atom stereocenters. The summed E-state index contributed by atoms with van der Waals surface area (Å²) in [5.74, 6) is -0.187. The Balaban J connectivity index is 1.44. The molecule has 3 N–H and O–H groups in total. The predicted molar refractivity (Wildman–Crippen MR) is 109 cm³/mol. The summed E-state index contributed by atoms with van der Waals surface area (Å²) in [6.07, 6.45) is 0.691. The highest BCUT2D eigenvalue weighted by molar-refractivity contribution is 6.32. The lowest BCUT2D eigenvalue weighted by molar-refractivity contribution is -0.121. The highest BCUT2D eigenvalue weighted by atomic mass is 35.5. The Morgan fingerprint density at radius 2 is 1.87 bits per heavy atom. The molecule has 0 bridgehead atoms. The van der Waals surface area contributed by atoms with Crippen LogP contribution in [-0.4, -0.2) is 35.2 Å². The van der Waals surface area contributed by atoms with Crippen molar-refractivity contribution in [2.45, 2.75) is 12.8 Å². The summed E-state index contributed by atoms with van der Waals surface area (Å²) < 4.78 is 11.2. The lowest BCUT2D eigenvalue weighted by Crippen LogP contribution is -2.43. The molecule has 0 unspecified atom stereocenters. The number of ether oxygens (including phenoxy) is 2. The van der Waals surface area contributed by atoms with Crippen molar-refractivity contribution in [2.75, 3.05) is 13.2 Å². The first-order valence-corrected chi connectivity index (χ1v) is 9.55. The van der Waals surface area contributed by atoms with Crippen LogP contribution in [0, 0.1) is 0 Å². The maximum Gasteiger partial charge on any atom is 0.290 e. The number of fused-ring (bicyclic) bond motifs is 2. The van der Waals surface area contributed by atoms with Gasteiger partial charge in [-0.3, -0.25) is 25.2 Å². The largest absolute Gasteiger partial charge is 0.489 e. The second kappa shape index (κ2) is 8.42. The number of rotatable bonds is 3. The highest BCUT2D eigenvalue weighted by Crippen LogP contribution is 2.38. The number of H-pyrrole nitrogens is 1. The summed E-state index contributed by atoms with van der Waals surface area (Å²) in [5, 5.41) is 7.11. The van der Waals surface area contributed by atoms with Gasteiger partial charge in [0.2, 0.25) is 5.91 Å². The van der Waals surface area contributed by atoms with Crippen molar-refractivity contribution < 1.29 is 19.1 Å². The molecule has 0 radical (unpaired) electrons. The smallest absolute Gasteiger partial charge is 0.290 e. The molecule has 154 valence electrons. The van der Waals surface area contributed by atoms with Crippen LogP contribution in [0.15, 0.2) is 41.2 Å². The minimum absolute atomic E-state index is 0.0101. The summed E-state index contributed by atoms with van der Waals surface area (Å²) in [6.45, 7) is 1.00. The van der Waals surface area contributed by atoms with Crippen LogP contribution < -0.4 is 25.9 Å². The second-order valence-electron chi connectivity index (χ2n) is 6.58. The fourth-order valence-electron chi connectivity index (χ4n) is 3.09.